The number of nitrogens with two attached hydrogens (primary N) is 1. The fourth-order valence-electron chi connectivity index (χ4n) is 13.2. The van der Waals surface area contributed by atoms with Crippen molar-refractivity contribution in [3.63, 3.8) is 0 Å². The summed E-state index contributed by atoms with van der Waals surface area (Å²) in [5.74, 6) is -9.98. The Bertz CT molecular complexity index is 3220. The van der Waals surface area contributed by atoms with Crippen LogP contribution in [0.25, 0.3) is 0 Å². The summed E-state index contributed by atoms with van der Waals surface area (Å²) in [4.78, 5) is 106. The minimum absolute atomic E-state index is 0.0598. The molecule has 5 unspecified atom stereocenters. The monoisotopic (exact) mass is 1480 g/mol. The second-order valence-electron chi connectivity index (χ2n) is 26.6. The van der Waals surface area contributed by atoms with Crippen molar-refractivity contribution in [1.82, 2.24) is 47.0 Å². The van der Waals surface area contributed by atoms with E-state index in [1.165, 1.54) is 29.2 Å². The second-order valence-corrected chi connectivity index (χ2v) is 26.6. The number of carboxylic acids is 1. The summed E-state index contributed by atoms with van der Waals surface area (Å²) in [6.07, 6.45) is -26.7. The molecule has 580 valence electrons. The summed E-state index contributed by atoms with van der Waals surface area (Å²) in [6.45, 7) is -3.86. The van der Waals surface area contributed by atoms with E-state index in [-0.39, 0.29) is 36.8 Å². The molecule has 8 rings (SSSR count). The van der Waals surface area contributed by atoms with Crippen LogP contribution in [0.4, 0.5) is 0 Å². The van der Waals surface area contributed by atoms with Gasteiger partial charge in [0.15, 0.2) is 24.4 Å². The zero-order valence-electron chi connectivity index (χ0n) is 56.9. The Morgan fingerprint density at radius 1 is 0.606 bits per heavy atom. The Morgan fingerprint density at radius 2 is 1.16 bits per heavy atom. The number of carbonyl (C=O) groups is 7. The molecular weight excluding hydrogens is 1380 g/mol. The lowest BCUT2D eigenvalue weighted by atomic mass is 9.92. The highest BCUT2D eigenvalue weighted by molar-refractivity contribution is 5.98. The number of amides is 6. The predicted octanol–water partition coefficient (Wildman–Crippen LogP) is -10.1. The van der Waals surface area contributed by atoms with Crippen molar-refractivity contribution >= 4 is 53.3 Å². The zero-order chi connectivity index (χ0) is 75.8. The molecule has 2 aromatic rings. The van der Waals surface area contributed by atoms with Crippen molar-refractivity contribution in [2.45, 2.75) is 224 Å². The minimum Gasteiger partial charge on any atom is -0.481 e. The molecule has 6 aliphatic heterocycles. The highest BCUT2D eigenvalue weighted by Gasteiger charge is 2.55. The first-order valence-electron chi connectivity index (χ1n) is 34.5. The molecule has 5 saturated heterocycles. The molecule has 0 aliphatic carbocycles. The number of unbranched alkanes of at least 4 members (excludes halogenated alkanes) is 7. The van der Waals surface area contributed by atoms with Crippen molar-refractivity contribution < 1.29 is 134 Å². The lowest BCUT2D eigenvalue weighted by Crippen LogP contribution is -2.69. The Hall–Kier alpha value is -7.65. The van der Waals surface area contributed by atoms with Crippen LogP contribution in [-0.4, -0.2) is 339 Å². The molecule has 2 aromatic carbocycles. The number of aliphatic imine (C=N–C) groups is 1. The smallest absolute Gasteiger partial charge is 0.303 e. The molecule has 0 bridgehead atoms. The maximum absolute atomic E-state index is 15.4. The Labute approximate surface area is 596 Å². The number of nitrogens with zero attached hydrogens (tertiary/aromatic N) is 3. The van der Waals surface area contributed by atoms with Crippen molar-refractivity contribution in [1.29, 1.82) is 5.41 Å². The lowest BCUT2D eigenvalue weighted by molar-refractivity contribution is -0.352. The van der Waals surface area contributed by atoms with Crippen LogP contribution < -0.4 is 47.7 Å². The number of aliphatic hydroxyl groups is 14. The van der Waals surface area contributed by atoms with Gasteiger partial charge in [-0.3, -0.25) is 44.0 Å². The largest absolute Gasteiger partial charge is 0.481 e. The number of carboxylic acid groups (broad SMARTS) is 1. The lowest BCUT2D eigenvalue weighted by Gasteiger charge is -2.46. The molecule has 25 N–H and O–H groups in total. The quantitative estimate of drug-likeness (QED) is 0.0352. The van der Waals surface area contributed by atoms with E-state index in [1.807, 2.05) is 0 Å². The van der Waals surface area contributed by atoms with Gasteiger partial charge in [0.25, 0.3) is 0 Å². The third-order valence-corrected chi connectivity index (χ3v) is 19.3. The van der Waals surface area contributed by atoms with Gasteiger partial charge in [-0.2, -0.15) is 0 Å². The average molecular weight is 1480 g/mol. The van der Waals surface area contributed by atoms with Crippen LogP contribution in [0, 0.1) is 5.41 Å². The Kier molecular flexibility index (Phi) is 30.0. The van der Waals surface area contributed by atoms with Crippen LogP contribution in [0.5, 0.6) is 5.75 Å². The minimum atomic E-state index is -2.39. The van der Waals surface area contributed by atoms with Gasteiger partial charge in [0, 0.05) is 31.8 Å². The van der Waals surface area contributed by atoms with E-state index in [4.69, 9.17) is 34.5 Å². The molecule has 0 radical (unpaired) electrons. The molecule has 39 heteroatoms. The number of benzene rings is 2. The van der Waals surface area contributed by atoms with Gasteiger partial charge in [-0.25, -0.2) is 0 Å². The van der Waals surface area contributed by atoms with Crippen molar-refractivity contribution in [3.05, 3.63) is 65.7 Å². The van der Waals surface area contributed by atoms with Gasteiger partial charge in [-0.05, 0) is 36.1 Å². The molecule has 0 spiro atoms. The van der Waals surface area contributed by atoms with Crippen LogP contribution in [0.1, 0.15) is 81.8 Å². The summed E-state index contributed by atoms with van der Waals surface area (Å²) in [5, 5.41) is 189. The van der Waals surface area contributed by atoms with Crippen LogP contribution in [0.15, 0.2) is 59.6 Å². The number of ether oxygens (including phenoxy) is 5. The van der Waals surface area contributed by atoms with Gasteiger partial charge in [-0.15, -0.1) is 0 Å². The van der Waals surface area contributed by atoms with E-state index in [9.17, 15) is 96.1 Å². The SMILES string of the molecule is CC(c1ccccc1)[C@@H]1NC(=O)CNC(=O)[C@H](CO)NC(=O)[C@@H](C(O)C2CN(CCCCCCCCCCC(=O)O)C(=N)N2[C@H]2O[C@H](CO)[C@@H](O)[C@H](O)[C@@H]2O)NC(=O)[C@H](C(O)C2CN=C(N)N2)NC(=O)[C@@H](Cc2ccc(O[C@H]3O[C@H](CO)[C@@H](O[C@H]4O[C@H](CO)[C@@H](O)[C@H](O)[C@@H]4O)[C@H](O)[C@@H]3O)cc2)NC1=O. The molecule has 6 amide bonds. The van der Waals surface area contributed by atoms with Gasteiger partial charge in [0.2, 0.25) is 41.7 Å². The first kappa shape index (κ1) is 82.0. The van der Waals surface area contributed by atoms with Gasteiger partial charge in [0.1, 0.15) is 121 Å². The first-order valence-corrected chi connectivity index (χ1v) is 34.5. The Morgan fingerprint density at radius 3 is 1.78 bits per heavy atom. The second kappa shape index (κ2) is 38.1. The Balaban J connectivity index is 1.11. The highest BCUT2D eigenvalue weighted by atomic mass is 16.7. The predicted molar refractivity (Wildman–Crippen MR) is 355 cm³/mol. The third kappa shape index (κ3) is 20.3. The van der Waals surface area contributed by atoms with E-state index < -0.39 is 246 Å². The van der Waals surface area contributed by atoms with Crippen molar-refractivity contribution in [2.24, 2.45) is 10.7 Å². The standard InChI is InChI=1S/C65H98N12O27/c1-29(31-13-9-8-10-14-31)42-58(97)70-33(21-30-16-18-32(19-17-30)100-62-54(94)51(91)55(39(28-81)103-62)104-63-53(93)50(90)48(88)38(27-80)102-63)57(96)74-43(45(85)34-22-69-64(66)72-34)60(99)75-44(59(98)71-35(25-78)56(95)68-23-40(82)73-42)46(86)36-24-76(20-12-7-5-3-2-4-6-11-15-41(83)84)65(67)77(36)61-52(92)49(89)47(87)37(26-79)101-61/h8-10,13-14,16-19,29,33-39,42-55,61-63,67,78-81,85-94H,2-7,11-12,15,20-28H2,1H3,(H,68,95)(H,70,97)(H,71,98)(H,73,82)(H,74,96)(H,75,99)(H,83,84)(H3,66,69,72)/t29?,33-,34?,35+,36?,37-,38-,39-,42+,43+,44-,45?,46?,47-,48-,49+,50+,51-,52+,53+,54+,55-,61+,62+,63-/m1/s1. The van der Waals surface area contributed by atoms with E-state index in [1.54, 1.807) is 37.3 Å². The molecule has 6 heterocycles. The van der Waals surface area contributed by atoms with Crippen molar-refractivity contribution in [3.8, 4) is 5.75 Å². The summed E-state index contributed by atoms with van der Waals surface area (Å²) >= 11 is 0. The number of guanidine groups is 2. The van der Waals surface area contributed by atoms with Crippen LogP contribution >= 0.6 is 0 Å². The number of aliphatic hydroxyl groups excluding tert-OH is 14. The molecule has 39 nitrogen and oxygen atoms in total. The summed E-state index contributed by atoms with van der Waals surface area (Å²) in [5.41, 5.74) is 6.66. The molecule has 6 aliphatic rings. The fourth-order valence-corrected chi connectivity index (χ4v) is 13.2. The van der Waals surface area contributed by atoms with Crippen LogP contribution in [-0.2, 0) is 58.9 Å². The fraction of sp³-hybridized carbons (Fsp3) is 0.677. The third-order valence-electron chi connectivity index (χ3n) is 19.3. The number of hydrogen-bond acceptors (Lipinski definition) is 30. The van der Waals surface area contributed by atoms with E-state index >= 15 is 14.4 Å². The van der Waals surface area contributed by atoms with E-state index in [0.29, 0.717) is 24.8 Å². The molecule has 0 aromatic heterocycles. The maximum atomic E-state index is 15.4. The normalized spacial score (nSPS) is 34.4. The summed E-state index contributed by atoms with van der Waals surface area (Å²) < 4.78 is 28.6. The number of nitrogens with one attached hydrogen (secondary N) is 8. The zero-order valence-corrected chi connectivity index (χ0v) is 56.9. The summed E-state index contributed by atoms with van der Waals surface area (Å²) in [7, 11) is 0. The molecule has 5 fully saturated rings. The summed E-state index contributed by atoms with van der Waals surface area (Å²) in [6, 6.07) is 0.593. The van der Waals surface area contributed by atoms with Gasteiger partial charge < -0.3 is 153 Å². The average Bonchev–Trinajstić information content (AvgIpc) is 1.55. The van der Waals surface area contributed by atoms with E-state index in [2.05, 4.69) is 42.2 Å². The molecular formula is C65H98N12O27. The van der Waals surface area contributed by atoms with Gasteiger partial charge in [0.05, 0.1) is 51.6 Å². The highest BCUT2D eigenvalue weighted by Crippen LogP contribution is 2.34. The number of aliphatic carboxylic acids is 1. The molecule has 25 atom stereocenters. The van der Waals surface area contributed by atoms with Gasteiger partial charge >= 0.3 is 5.97 Å². The number of rotatable bonds is 28. The van der Waals surface area contributed by atoms with Crippen molar-refractivity contribution in [2.75, 3.05) is 52.6 Å². The topological polar surface area (TPSA) is 622 Å². The van der Waals surface area contributed by atoms with Crippen LogP contribution in [0.2, 0.25) is 0 Å². The first-order chi connectivity index (χ1) is 49.6. The van der Waals surface area contributed by atoms with Gasteiger partial charge in [-0.1, -0.05) is 87.9 Å². The van der Waals surface area contributed by atoms with Crippen LogP contribution in [0.3, 0.4) is 0 Å². The number of hydrogen-bond donors (Lipinski definition) is 24. The van der Waals surface area contributed by atoms with E-state index in [0.717, 1.165) is 37.0 Å². The number of carbonyl (C=O) groups excluding carboxylic acids is 6. The maximum Gasteiger partial charge on any atom is 0.303 e. The molecule has 0 saturated carbocycles. The molecule has 104 heavy (non-hydrogen) atoms.